The highest BCUT2D eigenvalue weighted by Gasteiger charge is 2.33. The highest BCUT2D eigenvalue weighted by atomic mass is 32.2. The van der Waals surface area contributed by atoms with Crippen LogP contribution in [0, 0.1) is 17.1 Å². The number of unbranched alkanes of at least 4 members (excludes halogenated alkanes) is 1. The van der Waals surface area contributed by atoms with Crippen molar-refractivity contribution < 1.29 is 22.7 Å². The number of nitrogens with two attached hydrogens (primary N) is 1. The lowest BCUT2D eigenvalue weighted by atomic mass is 10.0. The molecule has 42 heavy (non-hydrogen) atoms. The Hall–Kier alpha value is -4.89. The predicted molar refractivity (Wildman–Crippen MR) is 152 cm³/mol. The van der Waals surface area contributed by atoms with Crippen LogP contribution in [-0.2, 0) is 16.3 Å². The number of aromatic hydroxyl groups is 1. The van der Waals surface area contributed by atoms with Crippen LogP contribution in [0.1, 0.15) is 66.5 Å². The minimum atomic E-state index is -4.69. The molecule has 0 radical (unpaired) electrons. The van der Waals surface area contributed by atoms with Gasteiger partial charge < -0.3 is 10.8 Å². The first-order valence-corrected chi connectivity index (χ1v) is 14.7. The number of carbonyl (C=O) groups excluding carboxylic acids is 1. The number of hydrogen-bond acceptors (Lipinski definition) is 8. The Labute approximate surface area is 241 Å². The molecule has 4 aromatic rings. The van der Waals surface area contributed by atoms with E-state index in [9.17, 15) is 32.8 Å². The van der Waals surface area contributed by atoms with Gasteiger partial charge in [-0.05, 0) is 60.4 Å². The van der Waals surface area contributed by atoms with Gasteiger partial charge in [0.2, 0.25) is 26.5 Å². The Morgan fingerprint density at radius 1 is 1.17 bits per heavy atom. The first kappa shape index (κ1) is 30.1. The minimum absolute atomic E-state index is 0.120. The summed E-state index contributed by atoms with van der Waals surface area (Å²) in [4.78, 5) is 32.2. The Balaban J connectivity index is 1.87. The molecular weight excluding hydrogens is 561 g/mol. The molecule has 0 aliphatic carbocycles. The van der Waals surface area contributed by atoms with Crippen LogP contribution in [0.25, 0.3) is 11.1 Å². The van der Waals surface area contributed by atoms with Crippen molar-refractivity contribution in [3.05, 3.63) is 99.5 Å². The monoisotopic (exact) mass is 589 g/mol. The van der Waals surface area contributed by atoms with Gasteiger partial charge in [0.25, 0.3) is 5.56 Å². The number of amides is 1. The lowest BCUT2D eigenvalue weighted by molar-refractivity contribution is 0.100. The molecule has 0 unspecified atom stereocenters. The standard InChI is InChI=1S/C30H28FN5O5S/c1-3-5-9-25-35-29(38)27(30(39)36(25)24(4-2)19-8-6-7-18(14-19)16-32)42(40,41)26-13-10-20(17-34-26)22-12-11-21(31)15-23(22)28(33)37/h6-8,10-15,17,24,39H,3-5,9H2,1-2H3,(H2,33,37)/t24-/m0/s1. The van der Waals surface area contributed by atoms with Gasteiger partial charge in [0.15, 0.2) is 5.03 Å². The van der Waals surface area contributed by atoms with Gasteiger partial charge in [-0.15, -0.1) is 0 Å². The van der Waals surface area contributed by atoms with Crippen LogP contribution in [0.15, 0.2) is 75.5 Å². The molecule has 1 amide bonds. The summed E-state index contributed by atoms with van der Waals surface area (Å²) < 4.78 is 42.5. The average Bonchev–Trinajstić information content (AvgIpc) is 2.97. The van der Waals surface area contributed by atoms with Crippen molar-refractivity contribution in [3.8, 4) is 23.1 Å². The van der Waals surface area contributed by atoms with Gasteiger partial charge in [-0.1, -0.05) is 38.5 Å². The zero-order valence-corrected chi connectivity index (χ0v) is 23.7. The molecule has 4 rings (SSSR count). The maximum Gasteiger partial charge on any atom is 0.296 e. The van der Waals surface area contributed by atoms with Crippen molar-refractivity contribution in [2.75, 3.05) is 0 Å². The van der Waals surface area contributed by atoms with E-state index in [1.165, 1.54) is 16.7 Å². The fourth-order valence-corrected chi connectivity index (χ4v) is 6.04. The van der Waals surface area contributed by atoms with Gasteiger partial charge in [0.05, 0.1) is 17.7 Å². The zero-order chi connectivity index (χ0) is 30.6. The highest BCUT2D eigenvalue weighted by Crippen LogP contribution is 2.34. The second-order valence-corrected chi connectivity index (χ2v) is 11.4. The van der Waals surface area contributed by atoms with E-state index in [2.05, 4.69) is 16.0 Å². The van der Waals surface area contributed by atoms with Gasteiger partial charge in [-0.2, -0.15) is 10.2 Å². The van der Waals surface area contributed by atoms with Crippen molar-refractivity contribution >= 4 is 15.7 Å². The van der Waals surface area contributed by atoms with Crippen LogP contribution in [-0.4, -0.2) is 34.0 Å². The van der Waals surface area contributed by atoms with Crippen molar-refractivity contribution in [1.82, 2.24) is 14.5 Å². The SMILES string of the molecule is CCCCc1nc(=O)c(S(=O)(=O)c2ccc(-c3ccc(F)cc3C(N)=O)cn2)c(O)n1[C@@H](CC)c1cccc(C#N)c1. The maximum atomic E-state index is 13.7. The van der Waals surface area contributed by atoms with E-state index in [1.54, 1.807) is 24.3 Å². The Kier molecular flexibility index (Phi) is 8.82. The summed E-state index contributed by atoms with van der Waals surface area (Å²) in [6, 6.07) is 14.0. The van der Waals surface area contributed by atoms with E-state index in [-0.39, 0.29) is 22.5 Å². The van der Waals surface area contributed by atoms with Gasteiger partial charge >= 0.3 is 0 Å². The predicted octanol–water partition coefficient (Wildman–Crippen LogP) is 4.30. The lowest BCUT2D eigenvalue weighted by Gasteiger charge is -2.25. The normalized spacial score (nSPS) is 12.0. The summed E-state index contributed by atoms with van der Waals surface area (Å²) in [5, 5.41) is 20.3. The van der Waals surface area contributed by atoms with Crippen molar-refractivity contribution in [3.63, 3.8) is 0 Å². The van der Waals surface area contributed by atoms with E-state index in [0.717, 1.165) is 30.8 Å². The third-order valence-corrected chi connectivity index (χ3v) is 8.51. The molecule has 2 aromatic heterocycles. The van der Waals surface area contributed by atoms with Crippen LogP contribution in [0.5, 0.6) is 5.88 Å². The number of nitriles is 1. The Bertz CT molecular complexity index is 1860. The number of sulfone groups is 1. The number of benzene rings is 2. The summed E-state index contributed by atoms with van der Waals surface area (Å²) >= 11 is 0. The Morgan fingerprint density at radius 2 is 1.93 bits per heavy atom. The molecule has 1 atom stereocenters. The van der Waals surface area contributed by atoms with E-state index < -0.39 is 49.0 Å². The van der Waals surface area contributed by atoms with Gasteiger partial charge in [-0.25, -0.2) is 17.8 Å². The van der Waals surface area contributed by atoms with E-state index in [4.69, 9.17) is 5.73 Å². The Morgan fingerprint density at radius 3 is 2.55 bits per heavy atom. The lowest BCUT2D eigenvalue weighted by Crippen LogP contribution is -2.27. The van der Waals surface area contributed by atoms with Gasteiger partial charge in [-0.3, -0.25) is 14.2 Å². The van der Waals surface area contributed by atoms with Gasteiger partial charge in [0, 0.05) is 23.7 Å². The summed E-state index contributed by atoms with van der Waals surface area (Å²) in [5.74, 6) is -2.13. The number of aromatic nitrogens is 3. The number of pyridine rings is 1. The second kappa shape index (κ2) is 12.3. The molecule has 12 heteroatoms. The van der Waals surface area contributed by atoms with Crippen molar-refractivity contribution in [2.24, 2.45) is 5.73 Å². The average molecular weight is 590 g/mol. The first-order valence-electron chi connectivity index (χ1n) is 13.2. The van der Waals surface area contributed by atoms with Crippen LogP contribution in [0.4, 0.5) is 4.39 Å². The molecule has 0 saturated heterocycles. The van der Waals surface area contributed by atoms with E-state index >= 15 is 0 Å². The number of primary amides is 1. The molecular formula is C30H28FN5O5S. The molecule has 0 saturated carbocycles. The summed E-state index contributed by atoms with van der Waals surface area (Å²) in [7, 11) is -4.69. The van der Waals surface area contributed by atoms with Crippen LogP contribution < -0.4 is 11.3 Å². The molecule has 10 nitrogen and oxygen atoms in total. The molecule has 216 valence electrons. The smallest absolute Gasteiger partial charge is 0.296 e. The zero-order valence-electron chi connectivity index (χ0n) is 22.9. The number of nitrogens with zero attached hydrogens (tertiary/aromatic N) is 4. The second-order valence-electron chi connectivity index (χ2n) is 9.56. The molecule has 2 heterocycles. The van der Waals surface area contributed by atoms with Crippen LogP contribution in [0.2, 0.25) is 0 Å². The third-order valence-electron chi connectivity index (χ3n) is 6.83. The number of carbonyl (C=O) groups is 1. The molecule has 3 N–H and O–H groups in total. The largest absolute Gasteiger partial charge is 0.493 e. The number of rotatable bonds is 10. The topological polar surface area (TPSA) is 169 Å². The van der Waals surface area contributed by atoms with E-state index in [1.807, 2.05) is 13.8 Å². The highest BCUT2D eigenvalue weighted by molar-refractivity contribution is 7.91. The number of aryl methyl sites for hydroxylation is 1. The molecule has 0 bridgehead atoms. The maximum absolute atomic E-state index is 13.7. The van der Waals surface area contributed by atoms with Crippen molar-refractivity contribution in [1.29, 1.82) is 5.26 Å². The van der Waals surface area contributed by atoms with Gasteiger partial charge in [0.1, 0.15) is 11.6 Å². The fourth-order valence-electron chi connectivity index (χ4n) is 4.78. The number of halogens is 1. The molecule has 0 aliphatic heterocycles. The summed E-state index contributed by atoms with van der Waals surface area (Å²) in [5.41, 5.74) is 5.65. The van der Waals surface area contributed by atoms with Crippen LogP contribution >= 0.6 is 0 Å². The summed E-state index contributed by atoms with van der Waals surface area (Å²) in [6.07, 6.45) is 3.23. The molecule has 0 fully saturated rings. The first-order chi connectivity index (χ1) is 20.0. The fraction of sp³-hybridized carbons (Fsp3) is 0.233. The molecule has 0 aliphatic rings. The quantitative estimate of drug-likeness (QED) is 0.276. The molecule has 0 spiro atoms. The van der Waals surface area contributed by atoms with Crippen molar-refractivity contribution in [2.45, 2.75) is 55.5 Å². The van der Waals surface area contributed by atoms with Crippen LogP contribution in [0.3, 0.4) is 0 Å². The van der Waals surface area contributed by atoms with E-state index in [0.29, 0.717) is 30.4 Å². The third kappa shape index (κ3) is 5.77. The summed E-state index contributed by atoms with van der Waals surface area (Å²) in [6.45, 7) is 3.78. The molecule has 2 aromatic carbocycles. The minimum Gasteiger partial charge on any atom is -0.493 e. The number of hydrogen-bond donors (Lipinski definition) is 2.